The third-order valence-corrected chi connectivity index (χ3v) is 5.54. The molecule has 0 aliphatic heterocycles. The van der Waals surface area contributed by atoms with Crippen molar-refractivity contribution in [2.75, 3.05) is 7.11 Å². The summed E-state index contributed by atoms with van der Waals surface area (Å²) in [7, 11) is 1.39. The number of oxazole rings is 1. The number of carbonyl (C=O) groups excluding carboxylic acids is 1. The lowest BCUT2D eigenvalue weighted by molar-refractivity contribution is -0.0521. The summed E-state index contributed by atoms with van der Waals surface area (Å²) in [5.74, 6) is 0.179. The number of aryl methyl sites for hydroxylation is 1. The Hall–Kier alpha value is -3.49. The molecule has 0 spiro atoms. The monoisotopic (exact) mass is 443 g/mol. The number of benzene rings is 1. The van der Waals surface area contributed by atoms with E-state index in [0.29, 0.717) is 22.5 Å². The van der Waals surface area contributed by atoms with Crippen molar-refractivity contribution in [3.63, 3.8) is 0 Å². The van der Waals surface area contributed by atoms with Crippen molar-refractivity contribution in [1.82, 2.24) is 15.3 Å². The molecule has 1 fully saturated rings. The largest absolute Gasteiger partial charge is 0.492 e. The quantitative estimate of drug-likeness (QED) is 0.536. The molecule has 2 heterocycles. The van der Waals surface area contributed by atoms with Gasteiger partial charge in [0.05, 0.1) is 24.9 Å². The average Bonchev–Trinajstić information content (AvgIpc) is 3.20. The second kappa shape index (κ2) is 9.33. The van der Waals surface area contributed by atoms with Crippen molar-refractivity contribution in [3.05, 3.63) is 59.2 Å². The third-order valence-electron chi connectivity index (χ3n) is 5.54. The van der Waals surface area contributed by atoms with Gasteiger partial charge in [-0.15, -0.1) is 0 Å². The molecule has 1 saturated carbocycles. The highest BCUT2D eigenvalue weighted by Crippen LogP contribution is 2.48. The number of aromatic nitrogens is 2. The Morgan fingerprint density at radius 2 is 2.09 bits per heavy atom. The molecule has 0 radical (unpaired) electrons. The summed E-state index contributed by atoms with van der Waals surface area (Å²) in [6.45, 7) is -1.07. The van der Waals surface area contributed by atoms with E-state index in [-0.39, 0.29) is 35.8 Å². The minimum atomic E-state index is -2.98. The second-order valence-corrected chi connectivity index (χ2v) is 7.57. The third kappa shape index (κ3) is 4.42. The van der Waals surface area contributed by atoms with Gasteiger partial charge in [0.2, 0.25) is 5.89 Å². The number of nitrogens with zero attached hydrogens (tertiary/aromatic N) is 2. The zero-order chi connectivity index (χ0) is 22.7. The van der Waals surface area contributed by atoms with Gasteiger partial charge in [0, 0.05) is 11.8 Å². The molecule has 1 amide bonds. The number of methoxy groups -OCH3 is 1. The molecule has 1 aliphatic carbocycles. The first-order valence-corrected chi connectivity index (χ1v) is 10.3. The van der Waals surface area contributed by atoms with Crippen LogP contribution in [-0.4, -0.2) is 29.6 Å². The molecular formula is C23H23F2N3O4. The highest BCUT2D eigenvalue weighted by Gasteiger charge is 2.29. The van der Waals surface area contributed by atoms with Gasteiger partial charge < -0.3 is 19.2 Å². The molecule has 0 bridgehead atoms. The van der Waals surface area contributed by atoms with Crippen LogP contribution in [0.15, 0.2) is 41.1 Å². The minimum absolute atomic E-state index is 0.0170. The summed E-state index contributed by atoms with van der Waals surface area (Å²) in [6.07, 6.45) is 5.83. The van der Waals surface area contributed by atoms with Crippen LogP contribution >= 0.6 is 0 Å². The summed E-state index contributed by atoms with van der Waals surface area (Å²) in [5, 5.41) is 2.75. The molecule has 9 heteroatoms. The normalized spacial score (nSPS) is 13.7. The van der Waals surface area contributed by atoms with Gasteiger partial charge >= 0.3 is 6.61 Å². The number of ether oxygens (including phenoxy) is 2. The van der Waals surface area contributed by atoms with Crippen molar-refractivity contribution in [2.45, 2.75) is 45.3 Å². The number of rotatable bonds is 8. The summed E-state index contributed by atoms with van der Waals surface area (Å²) in [6, 6.07) is 7.05. The maximum Gasteiger partial charge on any atom is 0.387 e. The molecule has 0 atom stereocenters. The molecule has 3 aromatic rings. The first-order chi connectivity index (χ1) is 15.5. The maximum atomic E-state index is 13.1. The van der Waals surface area contributed by atoms with E-state index in [0.717, 1.165) is 24.8 Å². The predicted octanol–water partition coefficient (Wildman–Crippen LogP) is 4.85. The van der Waals surface area contributed by atoms with E-state index >= 15 is 0 Å². The molecule has 0 unspecified atom stereocenters. The van der Waals surface area contributed by atoms with E-state index in [1.807, 2.05) is 0 Å². The number of nitrogens with one attached hydrogen (secondary N) is 1. The van der Waals surface area contributed by atoms with Crippen LogP contribution in [-0.2, 0) is 6.54 Å². The Bertz CT molecular complexity index is 1110. The van der Waals surface area contributed by atoms with Gasteiger partial charge in [0.1, 0.15) is 12.0 Å². The van der Waals surface area contributed by atoms with Gasteiger partial charge in [-0.1, -0.05) is 18.6 Å². The summed E-state index contributed by atoms with van der Waals surface area (Å²) < 4.78 is 42.1. The average molecular weight is 443 g/mol. The Morgan fingerprint density at radius 3 is 2.75 bits per heavy atom. The number of amides is 1. The Kier molecular flexibility index (Phi) is 6.34. The number of hydrogen-bond acceptors (Lipinski definition) is 6. The lowest BCUT2D eigenvalue weighted by atomic mass is 9.79. The molecule has 7 nitrogen and oxygen atoms in total. The molecule has 2 aromatic heterocycles. The van der Waals surface area contributed by atoms with Gasteiger partial charge in [-0.2, -0.15) is 8.78 Å². The number of pyridine rings is 1. The van der Waals surface area contributed by atoms with Gasteiger partial charge in [-0.05, 0) is 43.4 Å². The zero-order valence-electron chi connectivity index (χ0n) is 17.7. The van der Waals surface area contributed by atoms with Crippen molar-refractivity contribution < 1.29 is 27.5 Å². The highest BCUT2D eigenvalue weighted by atomic mass is 19.3. The number of alkyl halides is 2. The van der Waals surface area contributed by atoms with Gasteiger partial charge in [0.15, 0.2) is 11.5 Å². The highest BCUT2D eigenvalue weighted by molar-refractivity contribution is 5.93. The Morgan fingerprint density at radius 1 is 1.28 bits per heavy atom. The van der Waals surface area contributed by atoms with Crippen LogP contribution in [0.25, 0.3) is 11.5 Å². The maximum absolute atomic E-state index is 13.1. The van der Waals surface area contributed by atoms with Crippen molar-refractivity contribution in [3.8, 4) is 23.0 Å². The lowest BCUT2D eigenvalue weighted by Gasteiger charge is -2.28. The second-order valence-electron chi connectivity index (χ2n) is 7.57. The van der Waals surface area contributed by atoms with Crippen LogP contribution in [0, 0.1) is 6.92 Å². The molecule has 168 valence electrons. The van der Waals surface area contributed by atoms with E-state index in [2.05, 4.69) is 15.3 Å². The fourth-order valence-corrected chi connectivity index (χ4v) is 3.69. The predicted molar refractivity (Wildman–Crippen MR) is 112 cm³/mol. The fourth-order valence-electron chi connectivity index (χ4n) is 3.69. The van der Waals surface area contributed by atoms with Crippen molar-refractivity contribution in [2.24, 2.45) is 0 Å². The topological polar surface area (TPSA) is 86.5 Å². The molecule has 0 saturated heterocycles. The van der Waals surface area contributed by atoms with Crippen LogP contribution in [0.2, 0.25) is 0 Å². The fraction of sp³-hybridized carbons (Fsp3) is 0.348. The van der Waals surface area contributed by atoms with E-state index in [1.165, 1.54) is 13.4 Å². The zero-order valence-corrected chi connectivity index (χ0v) is 17.7. The molecular weight excluding hydrogens is 420 g/mol. The first-order valence-electron chi connectivity index (χ1n) is 10.3. The van der Waals surface area contributed by atoms with E-state index in [9.17, 15) is 13.6 Å². The standard InChI is InChI=1S/C23H23F2N3O4/c1-13-5-4-10-26-18(13)21(29)27-11-15-12-31-22(28-15)17-9-8-16(14-6-3-7-14)20(19(17)30-2)32-23(24)25/h4-5,8-10,12,14,23H,3,6-7,11H2,1-2H3,(H,27,29). The van der Waals surface area contributed by atoms with Crippen LogP contribution in [0.4, 0.5) is 8.78 Å². The van der Waals surface area contributed by atoms with E-state index < -0.39 is 6.61 Å². The molecule has 1 N–H and O–H groups in total. The van der Waals surface area contributed by atoms with Crippen molar-refractivity contribution >= 4 is 5.91 Å². The Labute approximate surface area is 183 Å². The number of hydrogen-bond donors (Lipinski definition) is 1. The van der Waals surface area contributed by atoms with Crippen molar-refractivity contribution in [1.29, 1.82) is 0 Å². The van der Waals surface area contributed by atoms with Gasteiger partial charge in [0.25, 0.3) is 5.91 Å². The van der Waals surface area contributed by atoms with Gasteiger partial charge in [-0.3, -0.25) is 9.78 Å². The molecule has 4 rings (SSSR count). The van der Waals surface area contributed by atoms with Crippen LogP contribution in [0.3, 0.4) is 0 Å². The summed E-state index contributed by atoms with van der Waals surface area (Å²) >= 11 is 0. The smallest absolute Gasteiger partial charge is 0.387 e. The Balaban J connectivity index is 1.56. The summed E-state index contributed by atoms with van der Waals surface area (Å²) in [4.78, 5) is 20.8. The number of halogens is 2. The minimum Gasteiger partial charge on any atom is -0.492 e. The molecule has 1 aliphatic rings. The van der Waals surface area contributed by atoms with Crippen LogP contribution < -0.4 is 14.8 Å². The molecule has 32 heavy (non-hydrogen) atoms. The van der Waals surface area contributed by atoms with E-state index in [4.69, 9.17) is 13.9 Å². The van der Waals surface area contributed by atoms with E-state index in [1.54, 1.807) is 37.4 Å². The number of carbonyl (C=O) groups is 1. The van der Waals surface area contributed by atoms with Crippen LogP contribution in [0.1, 0.15) is 52.5 Å². The molecule has 1 aromatic carbocycles. The summed E-state index contributed by atoms with van der Waals surface area (Å²) in [5.41, 5.74) is 2.64. The van der Waals surface area contributed by atoms with Gasteiger partial charge in [-0.25, -0.2) is 4.98 Å². The van der Waals surface area contributed by atoms with Crippen LogP contribution in [0.5, 0.6) is 11.5 Å². The first kappa shape index (κ1) is 21.7. The lowest BCUT2D eigenvalue weighted by Crippen LogP contribution is -2.24. The SMILES string of the molecule is COc1c(-c2nc(CNC(=O)c3ncccc3C)co2)ccc(C2CCC2)c1OC(F)F.